The van der Waals surface area contributed by atoms with E-state index in [1.807, 2.05) is 0 Å². The average Bonchev–Trinajstić information content (AvgIpc) is 1.85. The molecule has 0 unspecified atom stereocenters. The normalized spacial score (nSPS) is 10.9. The number of phosphoric acid groups is 1. The number of rotatable bonds is 6. The van der Waals surface area contributed by atoms with Gasteiger partial charge in [0.05, 0.1) is 6.61 Å². The van der Waals surface area contributed by atoms with Crippen LogP contribution < -0.4 is 0 Å². The van der Waals surface area contributed by atoms with Gasteiger partial charge in [0.15, 0.2) is 0 Å². The van der Waals surface area contributed by atoms with E-state index in [0.717, 1.165) is 25.7 Å². The molecule has 6 heteroatoms. The molecule has 0 atom stereocenters. The first-order valence-corrected chi connectivity index (χ1v) is 5.29. The van der Waals surface area contributed by atoms with E-state index in [4.69, 9.17) is 9.79 Å². The summed E-state index contributed by atoms with van der Waals surface area (Å²) >= 11 is 0. The summed E-state index contributed by atoms with van der Waals surface area (Å²) in [5.74, 6) is 0. The van der Waals surface area contributed by atoms with Crippen molar-refractivity contribution in [1.82, 2.24) is 0 Å². The van der Waals surface area contributed by atoms with Gasteiger partial charge in [-0.3, -0.25) is 4.52 Å². The first-order valence-electron chi connectivity index (χ1n) is 3.76. The number of phosphoric ester groups is 1. The number of unbranched alkanes of at least 4 members (excludes halogenated alkanes) is 3. The summed E-state index contributed by atoms with van der Waals surface area (Å²) in [5, 5.41) is 0. The van der Waals surface area contributed by atoms with E-state index in [1.165, 1.54) is 0 Å². The molecule has 0 bridgehead atoms. The molecule has 0 heterocycles. The summed E-state index contributed by atoms with van der Waals surface area (Å²) in [6, 6.07) is 0. The quantitative estimate of drug-likeness (QED) is 0.400. The molecule has 0 rings (SSSR count). The molecule has 70 valence electrons. The maximum atomic E-state index is 10.1. The molecule has 0 spiro atoms. The van der Waals surface area contributed by atoms with Gasteiger partial charge in [-0.2, -0.15) is 0 Å². The van der Waals surface area contributed by atoms with Gasteiger partial charge in [0, 0.05) is 0 Å². The molecular formula is C6H16KO4P. The standard InChI is InChI=1S/C6H15O4P.K.H/c1-2-3-4-5-6-10-11(7,8)9;;/h2-6H2,1H3,(H2,7,8,9);;. The first kappa shape index (κ1) is 16.2. The summed E-state index contributed by atoms with van der Waals surface area (Å²) in [7, 11) is -4.21. The molecule has 0 aromatic carbocycles. The molecular weight excluding hydrogens is 206 g/mol. The topological polar surface area (TPSA) is 66.8 Å². The molecule has 12 heavy (non-hydrogen) atoms. The molecule has 0 saturated carbocycles. The zero-order valence-corrected chi connectivity index (χ0v) is 7.59. The maximum absolute atomic E-state index is 10.1. The van der Waals surface area contributed by atoms with Crippen molar-refractivity contribution in [2.24, 2.45) is 0 Å². The Bertz CT molecular complexity index is 136. The van der Waals surface area contributed by atoms with Crippen LogP contribution in [0.25, 0.3) is 0 Å². The fourth-order valence-electron chi connectivity index (χ4n) is 0.712. The summed E-state index contributed by atoms with van der Waals surface area (Å²) in [6.07, 6.45) is 3.88. The van der Waals surface area contributed by atoms with Gasteiger partial charge in [0.25, 0.3) is 0 Å². The Balaban J connectivity index is 0. The minimum absolute atomic E-state index is 0. The van der Waals surface area contributed by atoms with Gasteiger partial charge in [-0.25, -0.2) is 4.57 Å². The van der Waals surface area contributed by atoms with Gasteiger partial charge in [-0.05, 0) is 6.42 Å². The van der Waals surface area contributed by atoms with Crippen LogP contribution in [0.5, 0.6) is 0 Å². The molecule has 0 aromatic heterocycles. The van der Waals surface area contributed by atoms with Crippen LogP contribution in [0.3, 0.4) is 0 Å². The van der Waals surface area contributed by atoms with Gasteiger partial charge in [0.2, 0.25) is 0 Å². The SMILES string of the molecule is CCCCCCOP(=O)(O)O.[KH]. The molecule has 0 aliphatic rings. The Labute approximate surface area is 116 Å². The van der Waals surface area contributed by atoms with Crippen molar-refractivity contribution < 1.29 is 18.9 Å². The van der Waals surface area contributed by atoms with Crippen LogP contribution in [0.1, 0.15) is 32.6 Å². The van der Waals surface area contributed by atoms with E-state index in [-0.39, 0.29) is 58.0 Å². The molecule has 0 saturated heterocycles. The Morgan fingerprint density at radius 1 is 1.25 bits per heavy atom. The van der Waals surface area contributed by atoms with Crippen molar-refractivity contribution in [3.63, 3.8) is 0 Å². The van der Waals surface area contributed by atoms with E-state index in [1.54, 1.807) is 0 Å². The van der Waals surface area contributed by atoms with Crippen molar-refractivity contribution in [3.8, 4) is 0 Å². The third-order valence-electron chi connectivity index (χ3n) is 1.26. The molecule has 0 amide bonds. The van der Waals surface area contributed by atoms with Crippen molar-refractivity contribution in [1.29, 1.82) is 0 Å². The van der Waals surface area contributed by atoms with Gasteiger partial charge in [-0.1, -0.05) is 26.2 Å². The van der Waals surface area contributed by atoms with E-state index >= 15 is 0 Å². The van der Waals surface area contributed by atoms with Crippen molar-refractivity contribution in [2.45, 2.75) is 32.6 Å². The predicted octanol–water partition coefficient (Wildman–Crippen LogP) is 1.03. The zero-order chi connectivity index (χ0) is 8.74. The molecule has 4 nitrogen and oxygen atoms in total. The molecule has 0 radical (unpaired) electrons. The summed E-state index contributed by atoms with van der Waals surface area (Å²) in [5.41, 5.74) is 0. The van der Waals surface area contributed by atoms with Crippen LogP contribution in [0.4, 0.5) is 0 Å². The van der Waals surface area contributed by atoms with Crippen LogP contribution >= 0.6 is 7.82 Å². The Hall–Kier alpha value is 1.75. The van der Waals surface area contributed by atoms with Crippen LogP contribution in [0.2, 0.25) is 0 Å². The molecule has 0 aromatic rings. The van der Waals surface area contributed by atoms with Crippen molar-refractivity contribution in [2.75, 3.05) is 6.61 Å². The fraction of sp³-hybridized carbons (Fsp3) is 1.00. The van der Waals surface area contributed by atoms with E-state index < -0.39 is 7.82 Å². The van der Waals surface area contributed by atoms with Crippen LogP contribution in [0.15, 0.2) is 0 Å². The fourth-order valence-corrected chi connectivity index (χ4v) is 1.08. The molecule has 0 aliphatic carbocycles. The number of hydrogen-bond donors (Lipinski definition) is 2. The summed E-state index contributed by atoms with van der Waals surface area (Å²) < 4.78 is 14.4. The van der Waals surface area contributed by atoms with Gasteiger partial charge in [-0.15, -0.1) is 0 Å². The first-order chi connectivity index (χ1) is 5.06. The second-order valence-electron chi connectivity index (χ2n) is 2.38. The van der Waals surface area contributed by atoms with Crippen molar-refractivity contribution in [3.05, 3.63) is 0 Å². The second-order valence-corrected chi connectivity index (χ2v) is 3.62. The number of hydrogen-bond acceptors (Lipinski definition) is 2. The van der Waals surface area contributed by atoms with Gasteiger partial charge >= 0.3 is 59.2 Å². The third kappa shape index (κ3) is 14.3. The minimum atomic E-state index is -4.21. The van der Waals surface area contributed by atoms with Crippen molar-refractivity contribution >= 4 is 59.2 Å². The predicted molar refractivity (Wildman–Crippen MR) is 49.3 cm³/mol. The Morgan fingerprint density at radius 2 is 1.83 bits per heavy atom. The molecule has 2 N–H and O–H groups in total. The van der Waals surface area contributed by atoms with Crippen LogP contribution in [-0.2, 0) is 9.09 Å². The Kier molecular flexibility index (Phi) is 12.6. The van der Waals surface area contributed by atoms with E-state index in [9.17, 15) is 4.57 Å². The van der Waals surface area contributed by atoms with E-state index in [2.05, 4.69) is 11.4 Å². The van der Waals surface area contributed by atoms with Crippen LogP contribution in [0, 0.1) is 0 Å². The summed E-state index contributed by atoms with van der Waals surface area (Å²) in [4.78, 5) is 16.5. The molecule has 0 fully saturated rings. The summed E-state index contributed by atoms with van der Waals surface area (Å²) in [6.45, 7) is 2.23. The second kappa shape index (κ2) is 9.31. The average molecular weight is 222 g/mol. The van der Waals surface area contributed by atoms with Crippen LogP contribution in [-0.4, -0.2) is 67.8 Å². The monoisotopic (exact) mass is 222 g/mol. The third-order valence-corrected chi connectivity index (χ3v) is 1.78. The van der Waals surface area contributed by atoms with Gasteiger partial charge < -0.3 is 9.79 Å². The Morgan fingerprint density at radius 3 is 2.25 bits per heavy atom. The van der Waals surface area contributed by atoms with Gasteiger partial charge in [0.1, 0.15) is 0 Å². The van der Waals surface area contributed by atoms with E-state index in [0.29, 0.717) is 0 Å². The molecule has 0 aliphatic heterocycles. The zero-order valence-electron chi connectivity index (χ0n) is 6.69.